The molecule has 3 rings (SSSR count). The van der Waals surface area contributed by atoms with Gasteiger partial charge in [0.05, 0.1) is 6.04 Å². The van der Waals surface area contributed by atoms with Crippen LogP contribution in [-0.4, -0.2) is 10.5 Å². The van der Waals surface area contributed by atoms with Gasteiger partial charge in [-0.25, -0.2) is 0 Å². The van der Waals surface area contributed by atoms with E-state index < -0.39 is 0 Å². The maximum atomic E-state index is 12.3. The van der Waals surface area contributed by atoms with E-state index in [1.54, 1.807) is 0 Å². The first-order valence-corrected chi connectivity index (χ1v) is 6.73. The molecule has 1 atom stereocenters. The Morgan fingerprint density at radius 3 is 2.53 bits per heavy atom. The summed E-state index contributed by atoms with van der Waals surface area (Å²) in [7, 11) is 1.89. The molecule has 1 saturated carbocycles. The van der Waals surface area contributed by atoms with Gasteiger partial charge < -0.3 is 9.88 Å². The number of rotatable bonds is 4. The molecule has 98 valence electrons. The highest BCUT2D eigenvalue weighted by Crippen LogP contribution is 2.41. The lowest BCUT2D eigenvalue weighted by Crippen LogP contribution is -2.31. The van der Waals surface area contributed by atoms with Crippen LogP contribution in [-0.2, 0) is 7.05 Å². The molecule has 3 heteroatoms. The van der Waals surface area contributed by atoms with Gasteiger partial charge in [-0.3, -0.25) is 4.79 Å². The highest BCUT2D eigenvalue weighted by molar-refractivity contribution is 5.93. The lowest BCUT2D eigenvalue weighted by atomic mass is 10.0. The fourth-order valence-corrected chi connectivity index (χ4v) is 2.48. The molecular weight excluding hydrogens is 236 g/mol. The van der Waals surface area contributed by atoms with Gasteiger partial charge in [-0.2, -0.15) is 0 Å². The summed E-state index contributed by atoms with van der Waals surface area (Å²) in [5, 5.41) is 3.18. The van der Waals surface area contributed by atoms with Crippen molar-refractivity contribution in [2.24, 2.45) is 13.0 Å². The van der Waals surface area contributed by atoms with E-state index >= 15 is 0 Å². The number of benzene rings is 1. The predicted molar refractivity (Wildman–Crippen MR) is 74.8 cm³/mol. The Hall–Kier alpha value is -2.03. The molecule has 1 fully saturated rings. The van der Waals surface area contributed by atoms with Crippen molar-refractivity contribution in [1.29, 1.82) is 0 Å². The molecule has 1 aliphatic rings. The van der Waals surface area contributed by atoms with E-state index in [4.69, 9.17) is 0 Å². The quantitative estimate of drug-likeness (QED) is 0.894. The maximum Gasteiger partial charge on any atom is 0.268 e. The molecule has 0 radical (unpaired) electrons. The minimum Gasteiger partial charge on any atom is -0.347 e. The summed E-state index contributed by atoms with van der Waals surface area (Å²) in [5.74, 6) is 0.597. The molecular formula is C16H18N2O. The molecule has 0 saturated heterocycles. The Morgan fingerprint density at radius 1 is 1.21 bits per heavy atom. The van der Waals surface area contributed by atoms with Crippen LogP contribution < -0.4 is 5.32 Å². The zero-order valence-corrected chi connectivity index (χ0v) is 11.0. The minimum atomic E-state index is 0.00764. The topological polar surface area (TPSA) is 34.0 Å². The summed E-state index contributed by atoms with van der Waals surface area (Å²) in [5.41, 5.74) is 1.91. The van der Waals surface area contributed by atoms with E-state index in [2.05, 4.69) is 17.4 Å². The summed E-state index contributed by atoms with van der Waals surface area (Å²) in [4.78, 5) is 12.3. The van der Waals surface area contributed by atoms with Gasteiger partial charge in [0.25, 0.3) is 5.91 Å². The molecule has 1 aromatic carbocycles. The monoisotopic (exact) mass is 254 g/mol. The van der Waals surface area contributed by atoms with Gasteiger partial charge in [0.15, 0.2) is 0 Å². The van der Waals surface area contributed by atoms with Gasteiger partial charge in [0, 0.05) is 13.2 Å². The number of amides is 1. The molecule has 1 aromatic heterocycles. The van der Waals surface area contributed by atoms with E-state index in [9.17, 15) is 4.79 Å². The van der Waals surface area contributed by atoms with Crippen LogP contribution >= 0.6 is 0 Å². The van der Waals surface area contributed by atoms with Crippen LogP contribution in [0.3, 0.4) is 0 Å². The lowest BCUT2D eigenvalue weighted by Gasteiger charge is -2.19. The van der Waals surface area contributed by atoms with E-state index in [0.29, 0.717) is 11.6 Å². The molecule has 1 amide bonds. The average molecular weight is 254 g/mol. The fraction of sp³-hybridized carbons (Fsp3) is 0.312. The molecule has 1 N–H and O–H groups in total. The van der Waals surface area contributed by atoms with Crippen LogP contribution in [0.5, 0.6) is 0 Å². The van der Waals surface area contributed by atoms with Gasteiger partial charge in [-0.1, -0.05) is 30.3 Å². The fourth-order valence-electron chi connectivity index (χ4n) is 2.48. The summed E-state index contributed by atoms with van der Waals surface area (Å²) in [6, 6.07) is 14.1. The first-order chi connectivity index (χ1) is 9.25. The van der Waals surface area contributed by atoms with E-state index in [-0.39, 0.29) is 11.9 Å². The number of aromatic nitrogens is 1. The van der Waals surface area contributed by atoms with Crippen molar-refractivity contribution in [3.8, 4) is 0 Å². The Balaban J connectivity index is 1.79. The first kappa shape index (κ1) is 12.0. The van der Waals surface area contributed by atoms with Crippen LogP contribution in [0, 0.1) is 5.92 Å². The van der Waals surface area contributed by atoms with E-state index in [0.717, 1.165) is 0 Å². The summed E-state index contributed by atoms with van der Waals surface area (Å²) >= 11 is 0. The second kappa shape index (κ2) is 4.92. The van der Waals surface area contributed by atoms with E-state index in [1.807, 2.05) is 48.1 Å². The minimum absolute atomic E-state index is 0.00764. The molecule has 19 heavy (non-hydrogen) atoms. The third-order valence-electron chi connectivity index (χ3n) is 3.72. The summed E-state index contributed by atoms with van der Waals surface area (Å²) in [6.45, 7) is 0. The SMILES string of the molecule is Cn1cccc1C(=O)NC(c1ccccc1)C1CC1. The molecule has 0 aliphatic heterocycles. The second-order valence-electron chi connectivity index (χ2n) is 5.20. The second-order valence-corrected chi connectivity index (χ2v) is 5.20. The number of hydrogen-bond acceptors (Lipinski definition) is 1. The molecule has 1 unspecified atom stereocenters. The average Bonchev–Trinajstić information content (AvgIpc) is 3.18. The highest BCUT2D eigenvalue weighted by atomic mass is 16.2. The number of carbonyl (C=O) groups excluding carboxylic acids is 1. The zero-order valence-electron chi connectivity index (χ0n) is 11.0. The van der Waals surface area contributed by atoms with Crippen molar-refractivity contribution in [2.45, 2.75) is 18.9 Å². The molecule has 0 bridgehead atoms. The standard InChI is InChI=1S/C16H18N2O/c1-18-11-5-8-14(18)16(19)17-15(13-9-10-13)12-6-3-2-4-7-12/h2-8,11,13,15H,9-10H2,1H3,(H,17,19). The number of carbonyl (C=O) groups is 1. The van der Waals surface area contributed by atoms with Crippen molar-refractivity contribution in [1.82, 2.24) is 9.88 Å². The van der Waals surface area contributed by atoms with Crippen molar-refractivity contribution in [3.05, 3.63) is 59.9 Å². The molecule has 1 heterocycles. The Kier molecular flexibility index (Phi) is 3.11. The molecule has 0 spiro atoms. The van der Waals surface area contributed by atoms with Gasteiger partial charge in [-0.05, 0) is 36.5 Å². The van der Waals surface area contributed by atoms with Gasteiger partial charge >= 0.3 is 0 Å². The molecule has 2 aromatic rings. The number of nitrogens with zero attached hydrogens (tertiary/aromatic N) is 1. The first-order valence-electron chi connectivity index (χ1n) is 6.73. The normalized spacial score (nSPS) is 16.1. The molecule has 1 aliphatic carbocycles. The molecule has 3 nitrogen and oxygen atoms in total. The van der Waals surface area contributed by atoms with Crippen molar-refractivity contribution in [2.75, 3.05) is 0 Å². The summed E-state index contributed by atoms with van der Waals surface area (Å²) < 4.78 is 1.85. The van der Waals surface area contributed by atoms with Crippen LogP contribution in [0.2, 0.25) is 0 Å². The Bertz CT molecular complexity index is 569. The summed E-state index contributed by atoms with van der Waals surface area (Å²) in [6.07, 6.45) is 4.30. The number of aryl methyl sites for hydroxylation is 1. The number of hydrogen-bond donors (Lipinski definition) is 1. The smallest absolute Gasteiger partial charge is 0.268 e. The van der Waals surface area contributed by atoms with Crippen LogP contribution in [0.1, 0.15) is 34.9 Å². The zero-order chi connectivity index (χ0) is 13.2. The van der Waals surface area contributed by atoms with Gasteiger partial charge in [0.1, 0.15) is 5.69 Å². The van der Waals surface area contributed by atoms with Crippen molar-refractivity contribution >= 4 is 5.91 Å². The number of nitrogens with one attached hydrogen (secondary N) is 1. The van der Waals surface area contributed by atoms with Crippen LogP contribution in [0.25, 0.3) is 0 Å². The van der Waals surface area contributed by atoms with E-state index in [1.165, 1.54) is 18.4 Å². The maximum absolute atomic E-state index is 12.3. The van der Waals surface area contributed by atoms with Crippen LogP contribution in [0.4, 0.5) is 0 Å². The lowest BCUT2D eigenvalue weighted by molar-refractivity contribution is 0.0923. The highest BCUT2D eigenvalue weighted by Gasteiger charge is 2.33. The predicted octanol–water partition coefficient (Wildman–Crippen LogP) is 2.91. The van der Waals surface area contributed by atoms with Crippen LogP contribution in [0.15, 0.2) is 48.7 Å². The van der Waals surface area contributed by atoms with Gasteiger partial charge in [-0.15, -0.1) is 0 Å². The van der Waals surface area contributed by atoms with Crippen molar-refractivity contribution < 1.29 is 4.79 Å². The third kappa shape index (κ3) is 2.55. The Labute approximate surface area is 113 Å². The third-order valence-corrected chi connectivity index (χ3v) is 3.72. The van der Waals surface area contributed by atoms with Crippen molar-refractivity contribution in [3.63, 3.8) is 0 Å². The Morgan fingerprint density at radius 2 is 1.95 bits per heavy atom. The largest absolute Gasteiger partial charge is 0.347 e. The van der Waals surface area contributed by atoms with Gasteiger partial charge in [0.2, 0.25) is 0 Å².